The van der Waals surface area contributed by atoms with Crippen LogP contribution in [0.25, 0.3) is 10.9 Å². The van der Waals surface area contributed by atoms with Crippen LogP contribution in [-0.2, 0) is 19.5 Å². The molecule has 0 spiro atoms. The number of hydrogen-bond acceptors (Lipinski definition) is 3. The Morgan fingerprint density at radius 1 is 1.19 bits per heavy atom. The van der Waals surface area contributed by atoms with Crippen LogP contribution in [0, 0.1) is 6.92 Å². The standard InChI is InChI=1S/C21H23ClN4/c1-13-8-14(4-6-23-13)20-12-26-18-5-7-24(2)11-17(18)16-9-15(22)10-19(21(16)26)25(20)3/h4,6,8-10,20H,5,7,11-12H2,1-3H3. The van der Waals surface area contributed by atoms with E-state index in [0.29, 0.717) is 6.04 Å². The maximum atomic E-state index is 6.54. The van der Waals surface area contributed by atoms with Gasteiger partial charge in [-0.2, -0.15) is 0 Å². The molecule has 3 aromatic rings. The molecule has 134 valence electrons. The van der Waals surface area contributed by atoms with E-state index in [2.05, 4.69) is 64.6 Å². The van der Waals surface area contributed by atoms with Crippen LogP contribution >= 0.6 is 11.6 Å². The molecular weight excluding hydrogens is 344 g/mol. The van der Waals surface area contributed by atoms with E-state index in [1.807, 2.05) is 6.20 Å². The highest BCUT2D eigenvalue weighted by Gasteiger charge is 2.32. The highest BCUT2D eigenvalue weighted by atomic mass is 35.5. The summed E-state index contributed by atoms with van der Waals surface area (Å²) in [7, 11) is 4.39. The van der Waals surface area contributed by atoms with Gasteiger partial charge in [0.05, 0.1) is 17.2 Å². The smallest absolute Gasteiger partial charge is 0.0725 e. The quantitative estimate of drug-likeness (QED) is 0.645. The Labute approximate surface area is 159 Å². The molecule has 5 heteroatoms. The maximum Gasteiger partial charge on any atom is 0.0725 e. The largest absolute Gasteiger partial charge is 0.364 e. The Morgan fingerprint density at radius 3 is 2.85 bits per heavy atom. The minimum absolute atomic E-state index is 0.294. The molecule has 0 fully saturated rings. The van der Waals surface area contributed by atoms with Gasteiger partial charge in [-0.3, -0.25) is 4.98 Å². The normalized spacial score (nSPS) is 19.8. The molecule has 0 N–H and O–H groups in total. The summed E-state index contributed by atoms with van der Waals surface area (Å²) < 4.78 is 2.56. The molecule has 4 heterocycles. The van der Waals surface area contributed by atoms with E-state index in [4.69, 9.17) is 11.6 Å². The molecule has 2 aromatic heterocycles. The van der Waals surface area contributed by atoms with Gasteiger partial charge in [-0.15, -0.1) is 0 Å². The van der Waals surface area contributed by atoms with Gasteiger partial charge < -0.3 is 14.4 Å². The van der Waals surface area contributed by atoms with Crippen molar-refractivity contribution in [2.75, 3.05) is 25.5 Å². The van der Waals surface area contributed by atoms with E-state index < -0.39 is 0 Å². The Morgan fingerprint density at radius 2 is 2.04 bits per heavy atom. The van der Waals surface area contributed by atoms with Gasteiger partial charge in [0.1, 0.15) is 0 Å². The number of rotatable bonds is 1. The van der Waals surface area contributed by atoms with Crippen molar-refractivity contribution in [1.82, 2.24) is 14.5 Å². The van der Waals surface area contributed by atoms with Crippen LogP contribution in [-0.4, -0.2) is 35.1 Å². The molecule has 0 saturated carbocycles. The van der Waals surface area contributed by atoms with Gasteiger partial charge in [0.15, 0.2) is 0 Å². The third-order valence-electron chi connectivity index (χ3n) is 5.99. The summed E-state index contributed by atoms with van der Waals surface area (Å²) in [6.07, 6.45) is 3.02. The zero-order valence-corrected chi connectivity index (χ0v) is 16.2. The molecular formula is C21H23ClN4. The van der Waals surface area contributed by atoms with Crippen molar-refractivity contribution in [3.05, 3.63) is 58.0 Å². The molecule has 1 unspecified atom stereocenters. The van der Waals surface area contributed by atoms with Gasteiger partial charge >= 0.3 is 0 Å². The number of fused-ring (bicyclic) bond motifs is 3. The molecule has 26 heavy (non-hydrogen) atoms. The summed E-state index contributed by atoms with van der Waals surface area (Å²) in [5, 5.41) is 2.14. The van der Waals surface area contributed by atoms with Crippen LogP contribution < -0.4 is 4.90 Å². The monoisotopic (exact) mass is 366 g/mol. The number of anilines is 1. The second kappa shape index (κ2) is 5.73. The summed E-state index contributed by atoms with van der Waals surface area (Å²) >= 11 is 6.54. The SMILES string of the molecule is Cc1cc(C2Cn3c4c(c5cc(Cl)cc(c53)N2C)CN(C)CC4)ccn1. The van der Waals surface area contributed by atoms with Crippen LogP contribution in [0.1, 0.15) is 28.6 Å². The first-order valence-electron chi connectivity index (χ1n) is 9.20. The van der Waals surface area contributed by atoms with E-state index in [1.54, 1.807) is 0 Å². The van der Waals surface area contributed by atoms with Gasteiger partial charge in [-0.25, -0.2) is 0 Å². The molecule has 4 nitrogen and oxygen atoms in total. The van der Waals surface area contributed by atoms with Gasteiger partial charge in [0, 0.05) is 61.1 Å². The predicted octanol–water partition coefficient (Wildman–Crippen LogP) is 4.18. The van der Waals surface area contributed by atoms with Crippen molar-refractivity contribution in [3.8, 4) is 0 Å². The van der Waals surface area contributed by atoms with Crippen molar-refractivity contribution in [2.24, 2.45) is 0 Å². The van der Waals surface area contributed by atoms with E-state index in [1.165, 1.54) is 33.4 Å². The van der Waals surface area contributed by atoms with E-state index in [-0.39, 0.29) is 0 Å². The summed E-state index contributed by atoms with van der Waals surface area (Å²) in [5.74, 6) is 0. The number of nitrogens with zero attached hydrogens (tertiary/aromatic N) is 4. The molecule has 5 rings (SSSR count). The minimum Gasteiger partial charge on any atom is -0.364 e. The topological polar surface area (TPSA) is 24.3 Å². The van der Waals surface area contributed by atoms with Crippen molar-refractivity contribution >= 4 is 28.2 Å². The fraction of sp³-hybridized carbons (Fsp3) is 0.381. The highest BCUT2D eigenvalue weighted by Crippen LogP contribution is 2.44. The molecule has 1 aromatic carbocycles. The molecule has 0 aliphatic carbocycles. The second-order valence-corrected chi connectivity index (χ2v) is 8.14. The average molecular weight is 367 g/mol. The van der Waals surface area contributed by atoms with Gasteiger partial charge in [-0.1, -0.05) is 11.6 Å². The lowest BCUT2D eigenvalue weighted by molar-refractivity contribution is 0.308. The number of halogens is 1. The number of aryl methyl sites for hydroxylation is 1. The first kappa shape index (κ1) is 16.2. The molecule has 0 amide bonds. The number of hydrogen-bond donors (Lipinski definition) is 0. The van der Waals surface area contributed by atoms with Crippen LogP contribution in [0.15, 0.2) is 30.5 Å². The van der Waals surface area contributed by atoms with Crippen molar-refractivity contribution in [1.29, 1.82) is 0 Å². The highest BCUT2D eigenvalue weighted by molar-refractivity contribution is 6.32. The molecule has 0 radical (unpaired) electrons. The summed E-state index contributed by atoms with van der Waals surface area (Å²) in [6, 6.07) is 8.92. The zero-order chi connectivity index (χ0) is 18.0. The summed E-state index contributed by atoms with van der Waals surface area (Å²) in [5.41, 5.74) is 7.90. The second-order valence-electron chi connectivity index (χ2n) is 7.70. The van der Waals surface area contributed by atoms with Crippen molar-refractivity contribution < 1.29 is 0 Å². The summed E-state index contributed by atoms with van der Waals surface area (Å²) in [6.45, 7) is 5.15. The molecule has 0 saturated heterocycles. The molecule has 0 bridgehead atoms. The molecule has 2 aliphatic rings. The van der Waals surface area contributed by atoms with E-state index >= 15 is 0 Å². The van der Waals surface area contributed by atoms with E-state index in [9.17, 15) is 0 Å². The third-order valence-corrected chi connectivity index (χ3v) is 6.21. The van der Waals surface area contributed by atoms with Crippen LogP contribution in [0.5, 0.6) is 0 Å². The number of pyridine rings is 1. The number of benzene rings is 1. The number of aromatic nitrogens is 2. The third kappa shape index (κ3) is 2.29. The first-order chi connectivity index (χ1) is 12.5. The predicted molar refractivity (Wildman–Crippen MR) is 107 cm³/mol. The van der Waals surface area contributed by atoms with Gasteiger partial charge in [0.2, 0.25) is 0 Å². The van der Waals surface area contributed by atoms with Crippen molar-refractivity contribution in [2.45, 2.75) is 32.5 Å². The lowest BCUT2D eigenvalue weighted by Crippen LogP contribution is -2.33. The van der Waals surface area contributed by atoms with Crippen molar-refractivity contribution in [3.63, 3.8) is 0 Å². The maximum absolute atomic E-state index is 6.54. The van der Waals surface area contributed by atoms with Crippen LogP contribution in [0.3, 0.4) is 0 Å². The summed E-state index contributed by atoms with van der Waals surface area (Å²) in [4.78, 5) is 9.16. The number of likely N-dealkylation sites (N-methyl/N-ethyl adjacent to an activating group) is 2. The average Bonchev–Trinajstić information content (AvgIpc) is 2.91. The van der Waals surface area contributed by atoms with Gasteiger partial charge in [-0.05, 0) is 49.4 Å². The van der Waals surface area contributed by atoms with Gasteiger partial charge in [0.25, 0.3) is 0 Å². The Bertz CT molecular complexity index is 1020. The fourth-order valence-electron chi connectivity index (χ4n) is 4.70. The lowest BCUT2D eigenvalue weighted by Gasteiger charge is -2.37. The van der Waals surface area contributed by atoms with E-state index in [0.717, 1.165) is 36.8 Å². The zero-order valence-electron chi connectivity index (χ0n) is 15.5. The Balaban J connectivity index is 1.74. The van der Waals surface area contributed by atoms with Crippen LogP contribution in [0.2, 0.25) is 5.02 Å². The lowest BCUT2D eigenvalue weighted by atomic mass is 10.0. The Hall–Kier alpha value is -2.04. The Kier molecular flexibility index (Phi) is 3.56. The molecule has 1 atom stereocenters. The minimum atomic E-state index is 0.294. The molecule has 2 aliphatic heterocycles. The fourth-order valence-corrected chi connectivity index (χ4v) is 4.91. The van der Waals surface area contributed by atoms with Crippen LogP contribution in [0.4, 0.5) is 5.69 Å². The first-order valence-corrected chi connectivity index (χ1v) is 9.58.